The van der Waals surface area contributed by atoms with Crippen LogP contribution >= 0.6 is 0 Å². The molecule has 0 saturated heterocycles. The standard InChI is InChI=1S/C17H20N2O2/c1-3-15(19)17(16-9-4-12(2)20-16)21-14-7-5-13(6-8-14)10-11-18/h4-9,15,17H,3,10,19H2,1-2H3. The van der Waals surface area contributed by atoms with Gasteiger partial charge in [0.1, 0.15) is 17.3 Å². The molecule has 4 nitrogen and oxygen atoms in total. The van der Waals surface area contributed by atoms with Crippen LogP contribution in [0.1, 0.15) is 36.5 Å². The Morgan fingerprint density at radius 3 is 2.48 bits per heavy atom. The number of nitrogens with zero attached hydrogens (tertiary/aromatic N) is 1. The molecule has 0 aliphatic heterocycles. The molecule has 2 rings (SSSR count). The summed E-state index contributed by atoms with van der Waals surface area (Å²) in [7, 11) is 0. The van der Waals surface area contributed by atoms with E-state index < -0.39 is 0 Å². The molecule has 0 fully saturated rings. The Kier molecular flexibility index (Phi) is 5.02. The zero-order chi connectivity index (χ0) is 15.2. The van der Waals surface area contributed by atoms with Crippen LogP contribution in [-0.2, 0) is 6.42 Å². The van der Waals surface area contributed by atoms with Crippen molar-refractivity contribution in [2.24, 2.45) is 5.73 Å². The maximum absolute atomic E-state index is 8.68. The lowest BCUT2D eigenvalue weighted by Crippen LogP contribution is -2.31. The number of rotatable bonds is 6. The highest BCUT2D eigenvalue weighted by molar-refractivity contribution is 5.29. The van der Waals surface area contributed by atoms with Gasteiger partial charge >= 0.3 is 0 Å². The first-order valence-electron chi connectivity index (χ1n) is 7.08. The summed E-state index contributed by atoms with van der Waals surface area (Å²) in [6.07, 6.45) is 0.873. The largest absolute Gasteiger partial charge is 0.481 e. The maximum atomic E-state index is 8.68. The lowest BCUT2D eigenvalue weighted by atomic mass is 10.1. The molecule has 0 bridgehead atoms. The van der Waals surface area contributed by atoms with E-state index in [4.69, 9.17) is 20.1 Å². The highest BCUT2D eigenvalue weighted by Crippen LogP contribution is 2.27. The lowest BCUT2D eigenvalue weighted by molar-refractivity contribution is 0.143. The molecule has 2 N–H and O–H groups in total. The van der Waals surface area contributed by atoms with Crippen molar-refractivity contribution >= 4 is 0 Å². The van der Waals surface area contributed by atoms with Crippen LogP contribution in [0.2, 0.25) is 0 Å². The van der Waals surface area contributed by atoms with E-state index in [0.717, 1.165) is 29.3 Å². The van der Waals surface area contributed by atoms with Gasteiger partial charge in [-0.2, -0.15) is 5.26 Å². The average molecular weight is 284 g/mol. The number of furan rings is 1. The van der Waals surface area contributed by atoms with Gasteiger partial charge in [-0.1, -0.05) is 19.1 Å². The summed E-state index contributed by atoms with van der Waals surface area (Å²) < 4.78 is 11.7. The van der Waals surface area contributed by atoms with Crippen LogP contribution in [0, 0.1) is 18.3 Å². The number of benzene rings is 1. The molecule has 0 spiro atoms. The van der Waals surface area contributed by atoms with E-state index in [1.807, 2.05) is 50.2 Å². The topological polar surface area (TPSA) is 72.2 Å². The second-order valence-electron chi connectivity index (χ2n) is 5.04. The summed E-state index contributed by atoms with van der Waals surface area (Å²) in [4.78, 5) is 0. The molecule has 0 aliphatic rings. The summed E-state index contributed by atoms with van der Waals surface area (Å²) in [5.41, 5.74) is 7.12. The summed E-state index contributed by atoms with van der Waals surface area (Å²) in [5, 5.41) is 8.68. The predicted molar refractivity (Wildman–Crippen MR) is 80.8 cm³/mol. The molecule has 0 amide bonds. The van der Waals surface area contributed by atoms with Crippen molar-refractivity contribution in [2.75, 3.05) is 0 Å². The third-order valence-corrected chi connectivity index (χ3v) is 3.37. The molecule has 1 aromatic heterocycles. The van der Waals surface area contributed by atoms with Crippen LogP contribution in [0.4, 0.5) is 0 Å². The highest BCUT2D eigenvalue weighted by atomic mass is 16.5. The van der Waals surface area contributed by atoms with Gasteiger partial charge in [-0.15, -0.1) is 0 Å². The van der Waals surface area contributed by atoms with Gasteiger partial charge in [-0.05, 0) is 43.2 Å². The van der Waals surface area contributed by atoms with Crippen LogP contribution in [0.25, 0.3) is 0 Å². The zero-order valence-corrected chi connectivity index (χ0v) is 12.4. The van der Waals surface area contributed by atoms with E-state index in [-0.39, 0.29) is 12.1 Å². The normalized spacial score (nSPS) is 13.4. The van der Waals surface area contributed by atoms with E-state index in [0.29, 0.717) is 6.42 Å². The van der Waals surface area contributed by atoms with Crippen LogP contribution in [0.5, 0.6) is 5.75 Å². The van der Waals surface area contributed by atoms with Crippen molar-refractivity contribution in [1.29, 1.82) is 5.26 Å². The summed E-state index contributed by atoms with van der Waals surface area (Å²) in [6, 6.07) is 13.3. The molecule has 21 heavy (non-hydrogen) atoms. The van der Waals surface area contributed by atoms with Crippen LogP contribution in [-0.4, -0.2) is 6.04 Å². The van der Waals surface area contributed by atoms with E-state index in [1.165, 1.54) is 0 Å². The van der Waals surface area contributed by atoms with Crippen LogP contribution in [0.3, 0.4) is 0 Å². The Labute approximate surface area is 125 Å². The minimum atomic E-state index is -0.314. The molecular weight excluding hydrogens is 264 g/mol. The zero-order valence-electron chi connectivity index (χ0n) is 12.4. The monoisotopic (exact) mass is 284 g/mol. The van der Waals surface area contributed by atoms with Crippen molar-refractivity contribution < 1.29 is 9.15 Å². The van der Waals surface area contributed by atoms with Crippen molar-refractivity contribution in [3.05, 3.63) is 53.5 Å². The molecule has 2 unspecified atom stereocenters. The summed E-state index contributed by atoms with van der Waals surface area (Å²) >= 11 is 0. The van der Waals surface area contributed by atoms with E-state index in [1.54, 1.807) is 0 Å². The number of aryl methyl sites for hydroxylation is 1. The minimum absolute atomic E-state index is 0.144. The first-order valence-corrected chi connectivity index (χ1v) is 7.08. The predicted octanol–water partition coefficient (Wildman–Crippen LogP) is 3.51. The molecule has 4 heteroatoms. The summed E-state index contributed by atoms with van der Waals surface area (Å²) in [6.45, 7) is 3.92. The van der Waals surface area contributed by atoms with Gasteiger partial charge in [0.2, 0.25) is 0 Å². The first kappa shape index (κ1) is 15.1. The molecule has 0 radical (unpaired) electrons. The Bertz CT molecular complexity index is 610. The van der Waals surface area contributed by atoms with E-state index in [2.05, 4.69) is 6.07 Å². The van der Waals surface area contributed by atoms with Gasteiger partial charge in [-0.3, -0.25) is 0 Å². The van der Waals surface area contributed by atoms with Crippen LogP contribution < -0.4 is 10.5 Å². The summed E-state index contributed by atoms with van der Waals surface area (Å²) in [5.74, 6) is 2.30. The molecule has 0 aliphatic carbocycles. The lowest BCUT2D eigenvalue weighted by Gasteiger charge is -2.22. The van der Waals surface area contributed by atoms with Crippen molar-refractivity contribution in [3.63, 3.8) is 0 Å². The van der Waals surface area contributed by atoms with Gasteiger partial charge in [0.15, 0.2) is 6.10 Å². The van der Waals surface area contributed by atoms with Crippen molar-refractivity contribution in [1.82, 2.24) is 0 Å². The molecule has 110 valence electrons. The highest BCUT2D eigenvalue weighted by Gasteiger charge is 2.23. The Hall–Kier alpha value is -2.25. The Morgan fingerprint density at radius 2 is 1.95 bits per heavy atom. The molecule has 2 atom stereocenters. The van der Waals surface area contributed by atoms with Gasteiger partial charge in [0.25, 0.3) is 0 Å². The Balaban J connectivity index is 2.17. The number of hydrogen-bond acceptors (Lipinski definition) is 4. The second-order valence-corrected chi connectivity index (χ2v) is 5.04. The third kappa shape index (κ3) is 3.87. The molecule has 1 heterocycles. The number of nitriles is 1. The molecular formula is C17H20N2O2. The first-order chi connectivity index (χ1) is 10.1. The van der Waals surface area contributed by atoms with Gasteiger partial charge in [-0.25, -0.2) is 0 Å². The fraction of sp³-hybridized carbons (Fsp3) is 0.353. The maximum Gasteiger partial charge on any atom is 0.171 e. The van der Waals surface area contributed by atoms with Gasteiger partial charge in [0, 0.05) is 6.04 Å². The fourth-order valence-electron chi connectivity index (χ4n) is 2.10. The number of hydrogen-bond donors (Lipinski definition) is 1. The quantitative estimate of drug-likeness (QED) is 0.881. The van der Waals surface area contributed by atoms with Crippen molar-refractivity contribution in [3.8, 4) is 11.8 Å². The fourth-order valence-corrected chi connectivity index (χ4v) is 2.10. The Morgan fingerprint density at radius 1 is 1.24 bits per heavy atom. The van der Waals surface area contributed by atoms with E-state index >= 15 is 0 Å². The van der Waals surface area contributed by atoms with Crippen LogP contribution in [0.15, 0.2) is 40.8 Å². The smallest absolute Gasteiger partial charge is 0.171 e. The number of nitrogens with two attached hydrogens (primary N) is 1. The SMILES string of the molecule is CCC(N)C(Oc1ccc(CC#N)cc1)c1ccc(C)o1. The average Bonchev–Trinajstić information content (AvgIpc) is 2.92. The third-order valence-electron chi connectivity index (χ3n) is 3.37. The van der Waals surface area contributed by atoms with E-state index in [9.17, 15) is 0 Å². The molecule has 2 aromatic rings. The van der Waals surface area contributed by atoms with Gasteiger partial charge < -0.3 is 14.9 Å². The minimum Gasteiger partial charge on any atom is -0.481 e. The van der Waals surface area contributed by atoms with Crippen molar-refractivity contribution in [2.45, 2.75) is 38.8 Å². The molecule has 1 aromatic carbocycles. The second kappa shape index (κ2) is 6.96. The van der Waals surface area contributed by atoms with Gasteiger partial charge in [0.05, 0.1) is 12.5 Å². The molecule has 0 saturated carbocycles. The number of ether oxygens (including phenoxy) is 1.